The van der Waals surface area contributed by atoms with E-state index in [-0.39, 0.29) is 24.0 Å². The Labute approximate surface area is 142 Å². The standard InChI is InChI=1S/C14H23N5O.HI/c1-15-14(17-5-2-7-19-8-6-16-10-19)18-12-9-11-3-4-13(12)20-11;/h6,8,10-13H,2-5,7,9H2,1H3,(H2,15,17,18);1H. The Bertz CT molecular complexity index is 450. The summed E-state index contributed by atoms with van der Waals surface area (Å²) in [4.78, 5) is 8.32. The fourth-order valence-corrected chi connectivity index (χ4v) is 3.05. The molecule has 7 heteroatoms. The van der Waals surface area contributed by atoms with Crippen LogP contribution in [-0.4, -0.2) is 47.4 Å². The van der Waals surface area contributed by atoms with Gasteiger partial charge in [-0.25, -0.2) is 4.98 Å². The van der Waals surface area contributed by atoms with E-state index in [1.54, 1.807) is 0 Å². The molecule has 2 aliphatic heterocycles. The first kappa shape index (κ1) is 16.5. The molecule has 0 saturated carbocycles. The Balaban J connectivity index is 0.00000161. The summed E-state index contributed by atoms with van der Waals surface area (Å²) in [6.45, 7) is 1.88. The predicted molar refractivity (Wildman–Crippen MR) is 93.1 cm³/mol. The summed E-state index contributed by atoms with van der Waals surface area (Å²) in [5.41, 5.74) is 0. The average Bonchev–Trinajstić information content (AvgIpc) is 3.19. The van der Waals surface area contributed by atoms with Crippen LogP contribution in [-0.2, 0) is 11.3 Å². The van der Waals surface area contributed by atoms with Gasteiger partial charge in [-0.05, 0) is 25.7 Å². The summed E-state index contributed by atoms with van der Waals surface area (Å²) in [7, 11) is 1.82. The van der Waals surface area contributed by atoms with E-state index in [2.05, 4.69) is 25.2 Å². The Morgan fingerprint density at radius 3 is 3.00 bits per heavy atom. The van der Waals surface area contributed by atoms with Crippen LogP contribution >= 0.6 is 24.0 Å². The number of aliphatic imine (C=N–C) groups is 1. The molecular weight excluding hydrogens is 381 g/mol. The predicted octanol–water partition coefficient (Wildman–Crippen LogP) is 1.38. The Kier molecular flexibility index (Phi) is 6.28. The molecule has 0 spiro atoms. The lowest BCUT2D eigenvalue weighted by Crippen LogP contribution is -2.47. The normalized spacial score (nSPS) is 27.5. The number of nitrogens with one attached hydrogen (secondary N) is 2. The van der Waals surface area contributed by atoms with Crippen molar-refractivity contribution in [3.63, 3.8) is 0 Å². The van der Waals surface area contributed by atoms with Crippen molar-refractivity contribution in [3.8, 4) is 0 Å². The number of hydrogen-bond donors (Lipinski definition) is 2. The molecule has 2 bridgehead atoms. The molecule has 1 aromatic rings. The van der Waals surface area contributed by atoms with E-state index < -0.39 is 0 Å². The van der Waals surface area contributed by atoms with E-state index in [4.69, 9.17) is 4.74 Å². The molecule has 2 aliphatic rings. The lowest BCUT2D eigenvalue weighted by molar-refractivity contribution is 0.0992. The smallest absolute Gasteiger partial charge is 0.191 e. The number of halogens is 1. The summed E-state index contributed by atoms with van der Waals surface area (Å²) >= 11 is 0. The number of hydrogen-bond acceptors (Lipinski definition) is 3. The number of fused-ring (bicyclic) bond motifs is 2. The summed E-state index contributed by atoms with van der Waals surface area (Å²) in [6, 6.07) is 0.425. The third kappa shape index (κ3) is 4.32. The van der Waals surface area contributed by atoms with Gasteiger partial charge >= 0.3 is 0 Å². The van der Waals surface area contributed by atoms with Gasteiger partial charge in [0, 0.05) is 32.5 Å². The molecule has 118 valence electrons. The summed E-state index contributed by atoms with van der Waals surface area (Å²) in [6.07, 6.45) is 11.0. The maximum absolute atomic E-state index is 5.85. The van der Waals surface area contributed by atoms with Crippen LogP contribution in [0.15, 0.2) is 23.7 Å². The van der Waals surface area contributed by atoms with Gasteiger partial charge in [-0.3, -0.25) is 4.99 Å². The number of imidazole rings is 1. The molecule has 3 heterocycles. The first-order chi connectivity index (χ1) is 9.85. The molecule has 1 aromatic heterocycles. The Morgan fingerprint density at radius 2 is 2.38 bits per heavy atom. The van der Waals surface area contributed by atoms with Crippen molar-refractivity contribution in [1.29, 1.82) is 0 Å². The highest BCUT2D eigenvalue weighted by molar-refractivity contribution is 14.0. The lowest BCUT2D eigenvalue weighted by atomic mass is 9.96. The van der Waals surface area contributed by atoms with Crippen molar-refractivity contribution in [2.45, 2.75) is 50.5 Å². The van der Waals surface area contributed by atoms with Gasteiger partial charge in [-0.2, -0.15) is 0 Å². The monoisotopic (exact) mass is 405 g/mol. The molecule has 0 amide bonds. The second kappa shape index (κ2) is 7.98. The van der Waals surface area contributed by atoms with Gasteiger partial charge in [0.25, 0.3) is 0 Å². The molecule has 3 rings (SSSR count). The van der Waals surface area contributed by atoms with Crippen LogP contribution in [0, 0.1) is 0 Å². The maximum Gasteiger partial charge on any atom is 0.191 e. The number of guanidine groups is 1. The number of ether oxygens (including phenoxy) is 1. The van der Waals surface area contributed by atoms with Crippen LogP contribution in [0.5, 0.6) is 0 Å². The first-order valence-corrected chi connectivity index (χ1v) is 7.43. The molecule has 2 N–H and O–H groups in total. The van der Waals surface area contributed by atoms with Gasteiger partial charge in [-0.1, -0.05) is 0 Å². The fourth-order valence-electron chi connectivity index (χ4n) is 3.05. The zero-order valence-corrected chi connectivity index (χ0v) is 14.7. The minimum absolute atomic E-state index is 0. The lowest BCUT2D eigenvalue weighted by Gasteiger charge is -2.22. The second-order valence-electron chi connectivity index (χ2n) is 5.51. The number of aryl methyl sites for hydroxylation is 1. The summed E-state index contributed by atoms with van der Waals surface area (Å²) < 4.78 is 7.93. The van der Waals surface area contributed by atoms with Crippen LogP contribution in [0.4, 0.5) is 0 Å². The van der Waals surface area contributed by atoms with E-state index in [9.17, 15) is 0 Å². The minimum Gasteiger partial charge on any atom is -0.373 e. The molecule has 21 heavy (non-hydrogen) atoms. The molecule has 6 nitrogen and oxygen atoms in total. The quantitative estimate of drug-likeness (QED) is 0.336. The van der Waals surface area contributed by atoms with Gasteiger partial charge in [-0.15, -0.1) is 24.0 Å². The summed E-state index contributed by atoms with van der Waals surface area (Å²) in [5, 5.41) is 6.85. The SMILES string of the molecule is CN=C(NCCCn1ccnc1)NC1CC2CCC1O2.I. The summed E-state index contributed by atoms with van der Waals surface area (Å²) in [5.74, 6) is 0.886. The third-order valence-corrected chi connectivity index (χ3v) is 4.10. The molecule has 3 atom stereocenters. The van der Waals surface area contributed by atoms with Crippen molar-refractivity contribution in [1.82, 2.24) is 20.2 Å². The Morgan fingerprint density at radius 1 is 1.48 bits per heavy atom. The zero-order valence-electron chi connectivity index (χ0n) is 12.4. The average molecular weight is 405 g/mol. The second-order valence-corrected chi connectivity index (χ2v) is 5.51. The van der Waals surface area contributed by atoms with Crippen molar-refractivity contribution in [2.75, 3.05) is 13.6 Å². The van der Waals surface area contributed by atoms with Crippen LogP contribution < -0.4 is 10.6 Å². The number of rotatable bonds is 5. The van der Waals surface area contributed by atoms with Gasteiger partial charge in [0.05, 0.1) is 24.6 Å². The highest BCUT2D eigenvalue weighted by atomic mass is 127. The van der Waals surface area contributed by atoms with E-state index in [0.717, 1.165) is 31.9 Å². The van der Waals surface area contributed by atoms with Crippen molar-refractivity contribution in [3.05, 3.63) is 18.7 Å². The van der Waals surface area contributed by atoms with Crippen LogP contribution in [0.1, 0.15) is 25.7 Å². The molecule has 0 radical (unpaired) electrons. The zero-order chi connectivity index (χ0) is 13.8. The van der Waals surface area contributed by atoms with Crippen molar-refractivity contribution in [2.24, 2.45) is 4.99 Å². The van der Waals surface area contributed by atoms with Crippen molar-refractivity contribution < 1.29 is 4.74 Å². The molecule has 2 saturated heterocycles. The first-order valence-electron chi connectivity index (χ1n) is 7.43. The Hall–Kier alpha value is -0.830. The largest absolute Gasteiger partial charge is 0.373 e. The highest BCUT2D eigenvalue weighted by Gasteiger charge is 2.40. The van der Waals surface area contributed by atoms with Gasteiger partial charge < -0.3 is 19.9 Å². The van der Waals surface area contributed by atoms with E-state index in [1.807, 2.05) is 25.8 Å². The van der Waals surface area contributed by atoms with Gasteiger partial charge in [0.1, 0.15) is 0 Å². The molecule has 0 aliphatic carbocycles. The van der Waals surface area contributed by atoms with Gasteiger partial charge in [0.15, 0.2) is 5.96 Å². The minimum atomic E-state index is 0. The molecule has 0 aromatic carbocycles. The third-order valence-electron chi connectivity index (χ3n) is 4.10. The van der Waals surface area contributed by atoms with Crippen molar-refractivity contribution >= 4 is 29.9 Å². The van der Waals surface area contributed by atoms with E-state index in [0.29, 0.717) is 18.2 Å². The fraction of sp³-hybridized carbons (Fsp3) is 0.714. The number of nitrogens with zero attached hydrogens (tertiary/aromatic N) is 3. The molecule has 2 fully saturated rings. The molecule has 3 unspecified atom stereocenters. The van der Waals surface area contributed by atoms with Crippen LogP contribution in [0.25, 0.3) is 0 Å². The molecular formula is C14H24IN5O. The van der Waals surface area contributed by atoms with E-state index in [1.165, 1.54) is 12.8 Å². The maximum atomic E-state index is 5.85. The van der Waals surface area contributed by atoms with Gasteiger partial charge in [0.2, 0.25) is 0 Å². The van der Waals surface area contributed by atoms with Crippen LogP contribution in [0.3, 0.4) is 0 Å². The topological polar surface area (TPSA) is 63.5 Å². The number of aromatic nitrogens is 2. The van der Waals surface area contributed by atoms with Crippen LogP contribution in [0.2, 0.25) is 0 Å². The highest BCUT2D eigenvalue weighted by Crippen LogP contribution is 2.34. The van der Waals surface area contributed by atoms with E-state index >= 15 is 0 Å².